The predicted molar refractivity (Wildman–Crippen MR) is 108 cm³/mol. The van der Waals surface area contributed by atoms with Crippen LogP contribution in [0.15, 0.2) is 59.5 Å². The molecule has 0 heterocycles. The van der Waals surface area contributed by atoms with Gasteiger partial charge in [0.15, 0.2) is 9.84 Å². The molecule has 2 rings (SSSR count). The second-order valence-electron chi connectivity index (χ2n) is 7.05. The third-order valence-electron chi connectivity index (χ3n) is 4.48. The normalized spacial score (nSPS) is 14.0. The number of nitro benzene ring substituents is 1. The van der Waals surface area contributed by atoms with Gasteiger partial charge in [0.25, 0.3) is 5.69 Å². The molecular formula is C20H26N2O5S. The summed E-state index contributed by atoms with van der Waals surface area (Å²) in [7, 11) is -3.75. The number of non-ortho nitro benzene ring substituents is 1. The SMILES string of the molecule is CC(C)C(NC[C@H](O)CCc1ccccc1)S(=O)(=O)c1ccc([N+](=O)[O-])cc1. The summed E-state index contributed by atoms with van der Waals surface area (Å²) in [6.07, 6.45) is 0.526. The molecule has 0 radical (unpaired) electrons. The van der Waals surface area contributed by atoms with Crippen LogP contribution in [0, 0.1) is 16.0 Å². The minimum Gasteiger partial charge on any atom is -0.392 e. The molecule has 2 N–H and O–H groups in total. The molecule has 0 amide bonds. The first-order chi connectivity index (χ1) is 13.2. The highest BCUT2D eigenvalue weighted by Crippen LogP contribution is 2.22. The van der Waals surface area contributed by atoms with E-state index in [4.69, 9.17) is 0 Å². The van der Waals surface area contributed by atoms with Crippen molar-refractivity contribution in [2.45, 2.75) is 43.1 Å². The average Bonchev–Trinajstić information content (AvgIpc) is 2.67. The van der Waals surface area contributed by atoms with Crippen LogP contribution < -0.4 is 5.32 Å². The minimum atomic E-state index is -3.75. The van der Waals surface area contributed by atoms with E-state index in [0.717, 1.165) is 5.56 Å². The molecule has 28 heavy (non-hydrogen) atoms. The van der Waals surface area contributed by atoms with Gasteiger partial charge in [-0.05, 0) is 36.5 Å². The molecule has 8 heteroatoms. The van der Waals surface area contributed by atoms with E-state index in [9.17, 15) is 23.6 Å². The molecule has 0 saturated carbocycles. The lowest BCUT2D eigenvalue weighted by atomic mass is 10.1. The number of aliphatic hydroxyl groups excluding tert-OH is 1. The fourth-order valence-corrected chi connectivity index (χ4v) is 4.78. The van der Waals surface area contributed by atoms with Crippen molar-refractivity contribution in [2.24, 2.45) is 5.92 Å². The van der Waals surface area contributed by atoms with Crippen LogP contribution in [-0.4, -0.2) is 36.5 Å². The summed E-state index contributed by atoms with van der Waals surface area (Å²) in [4.78, 5) is 10.2. The molecule has 2 aromatic carbocycles. The Bertz CT molecular complexity index is 867. The highest BCUT2D eigenvalue weighted by Gasteiger charge is 2.30. The third-order valence-corrected chi connectivity index (χ3v) is 6.79. The average molecular weight is 407 g/mol. The van der Waals surface area contributed by atoms with Gasteiger partial charge in [0.2, 0.25) is 0 Å². The standard InChI is InChI=1S/C20H26N2O5S/c1-15(2)20(21-14-18(23)11-8-16-6-4-3-5-7-16)28(26,27)19-12-9-17(10-13-19)22(24)25/h3-7,9-10,12-13,15,18,20-21,23H,8,11,14H2,1-2H3/t18-,20?/m1/s1. The highest BCUT2D eigenvalue weighted by molar-refractivity contribution is 7.92. The van der Waals surface area contributed by atoms with Gasteiger partial charge in [-0.15, -0.1) is 0 Å². The molecule has 0 saturated heterocycles. The maximum absolute atomic E-state index is 12.9. The van der Waals surface area contributed by atoms with Crippen LogP contribution in [0.1, 0.15) is 25.8 Å². The number of nitro groups is 1. The van der Waals surface area contributed by atoms with E-state index in [1.54, 1.807) is 13.8 Å². The molecule has 1 unspecified atom stereocenters. The third kappa shape index (κ3) is 5.85. The summed E-state index contributed by atoms with van der Waals surface area (Å²) in [5.41, 5.74) is 0.949. The fraction of sp³-hybridized carbons (Fsp3) is 0.400. The van der Waals surface area contributed by atoms with Gasteiger partial charge in [0.1, 0.15) is 5.37 Å². The number of hydrogen-bond acceptors (Lipinski definition) is 6. The predicted octanol–water partition coefficient (Wildman–Crippen LogP) is 2.93. The Hall–Kier alpha value is -2.29. The molecular weight excluding hydrogens is 380 g/mol. The maximum atomic E-state index is 12.9. The summed E-state index contributed by atoms with van der Waals surface area (Å²) < 4.78 is 25.9. The quantitative estimate of drug-likeness (QED) is 0.464. The van der Waals surface area contributed by atoms with E-state index >= 15 is 0 Å². The van der Waals surface area contributed by atoms with Crippen molar-refractivity contribution in [1.82, 2.24) is 5.32 Å². The molecule has 0 spiro atoms. The maximum Gasteiger partial charge on any atom is 0.269 e. The Morgan fingerprint density at radius 1 is 1.07 bits per heavy atom. The van der Waals surface area contributed by atoms with Gasteiger partial charge < -0.3 is 5.11 Å². The molecule has 2 atom stereocenters. The summed E-state index contributed by atoms with van der Waals surface area (Å²) in [5, 5.41) is 23.1. The van der Waals surface area contributed by atoms with Gasteiger partial charge in [0.05, 0.1) is 15.9 Å². The van der Waals surface area contributed by atoms with Crippen LogP contribution in [0.4, 0.5) is 5.69 Å². The number of nitrogens with zero attached hydrogens (tertiary/aromatic N) is 1. The second-order valence-corrected chi connectivity index (χ2v) is 9.12. The lowest BCUT2D eigenvalue weighted by Crippen LogP contribution is -2.44. The molecule has 2 aromatic rings. The molecule has 0 aliphatic carbocycles. The minimum absolute atomic E-state index is 0.0167. The number of hydrogen-bond donors (Lipinski definition) is 2. The van der Waals surface area contributed by atoms with Crippen molar-refractivity contribution in [3.8, 4) is 0 Å². The molecule has 0 aromatic heterocycles. The number of aryl methyl sites for hydroxylation is 1. The van der Waals surface area contributed by atoms with E-state index in [1.807, 2.05) is 30.3 Å². The summed E-state index contributed by atoms with van der Waals surface area (Å²) in [5.74, 6) is -0.249. The van der Waals surface area contributed by atoms with Gasteiger partial charge >= 0.3 is 0 Å². The Kier molecular flexibility index (Phi) is 7.68. The number of nitrogens with one attached hydrogen (secondary N) is 1. The van der Waals surface area contributed by atoms with Crippen LogP contribution >= 0.6 is 0 Å². The lowest BCUT2D eigenvalue weighted by molar-refractivity contribution is -0.384. The molecule has 0 aliphatic rings. The first-order valence-corrected chi connectivity index (χ1v) is 10.7. The summed E-state index contributed by atoms with van der Waals surface area (Å²) in [6.45, 7) is 3.69. The summed E-state index contributed by atoms with van der Waals surface area (Å²) >= 11 is 0. The molecule has 0 bridgehead atoms. The Morgan fingerprint density at radius 2 is 1.68 bits per heavy atom. The van der Waals surface area contributed by atoms with Crippen LogP contribution in [0.25, 0.3) is 0 Å². The largest absolute Gasteiger partial charge is 0.392 e. The van der Waals surface area contributed by atoms with Crippen molar-refractivity contribution in [2.75, 3.05) is 6.54 Å². The Labute approximate surface area is 165 Å². The smallest absolute Gasteiger partial charge is 0.269 e. The fourth-order valence-electron chi connectivity index (χ4n) is 2.94. The zero-order valence-corrected chi connectivity index (χ0v) is 16.8. The highest BCUT2D eigenvalue weighted by atomic mass is 32.2. The van der Waals surface area contributed by atoms with E-state index in [0.29, 0.717) is 12.8 Å². The van der Waals surface area contributed by atoms with Crippen molar-refractivity contribution in [3.05, 3.63) is 70.3 Å². The number of rotatable bonds is 10. The summed E-state index contributed by atoms with van der Waals surface area (Å²) in [6, 6.07) is 14.6. The van der Waals surface area contributed by atoms with Crippen LogP contribution in [0.2, 0.25) is 0 Å². The lowest BCUT2D eigenvalue weighted by Gasteiger charge is -2.24. The van der Waals surface area contributed by atoms with E-state index in [-0.39, 0.29) is 23.0 Å². The van der Waals surface area contributed by atoms with Crippen molar-refractivity contribution in [1.29, 1.82) is 0 Å². The molecule has 0 fully saturated rings. The number of aliphatic hydroxyl groups is 1. The number of sulfone groups is 1. The topological polar surface area (TPSA) is 110 Å². The molecule has 0 aliphatic heterocycles. The van der Waals surface area contributed by atoms with E-state index in [1.165, 1.54) is 24.3 Å². The van der Waals surface area contributed by atoms with Gasteiger partial charge in [-0.3, -0.25) is 15.4 Å². The van der Waals surface area contributed by atoms with Gasteiger partial charge in [-0.2, -0.15) is 0 Å². The zero-order chi connectivity index (χ0) is 20.7. The van der Waals surface area contributed by atoms with Gasteiger partial charge in [-0.1, -0.05) is 44.2 Å². The first-order valence-electron chi connectivity index (χ1n) is 9.15. The van der Waals surface area contributed by atoms with Crippen LogP contribution in [0.3, 0.4) is 0 Å². The zero-order valence-electron chi connectivity index (χ0n) is 16.0. The van der Waals surface area contributed by atoms with Crippen molar-refractivity contribution >= 4 is 15.5 Å². The van der Waals surface area contributed by atoms with Crippen LogP contribution in [0.5, 0.6) is 0 Å². The second kappa shape index (κ2) is 9.77. The van der Waals surface area contributed by atoms with Gasteiger partial charge in [-0.25, -0.2) is 8.42 Å². The first kappa shape index (κ1) is 22.0. The Morgan fingerprint density at radius 3 is 2.21 bits per heavy atom. The van der Waals surface area contributed by atoms with Crippen LogP contribution in [-0.2, 0) is 16.3 Å². The van der Waals surface area contributed by atoms with Crippen molar-refractivity contribution < 1.29 is 18.4 Å². The van der Waals surface area contributed by atoms with Crippen molar-refractivity contribution in [3.63, 3.8) is 0 Å². The monoisotopic (exact) mass is 406 g/mol. The molecule has 152 valence electrons. The molecule has 7 nitrogen and oxygen atoms in total. The van der Waals surface area contributed by atoms with E-state index < -0.39 is 26.2 Å². The number of benzene rings is 2. The Balaban J connectivity index is 2.02. The van der Waals surface area contributed by atoms with E-state index in [2.05, 4.69) is 5.32 Å². The van der Waals surface area contributed by atoms with Gasteiger partial charge in [0, 0.05) is 18.7 Å².